The number of rotatable bonds is 1. The summed E-state index contributed by atoms with van der Waals surface area (Å²) in [6.45, 7) is 7.75. The molecule has 2 aliphatic rings. The number of hydrogen-bond acceptors (Lipinski definition) is 2. The van der Waals surface area contributed by atoms with Gasteiger partial charge in [-0.2, -0.15) is 0 Å². The lowest BCUT2D eigenvalue weighted by Crippen LogP contribution is -2.30. The van der Waals surface area contributed by atoms with Gasteiger partial charge < -0.3 is 4.74 Å². The minimum absolute atomic E-state index is 0.140. The summed E-state index contributed by atoms with van der Waals surface area (Å²) in [6.07, 6.45) is 5.73. The Morgan fingerprint density at radius 2 is 2.23 bits per heavy atom. The summed E-state index contributed by atoms with van der Waals surface area (Å²) >= 11 is 1.99. The molecule has 1 nitrogen and oxygen atoms in total. The summed E-state index contributed by atoms with van der Waals surface area (Å²) < 4.78 is 5.99. The monoisotopic (exact) mass is 198 g/mol. The van der Waals surface area contributed by atoms with Gasteiger partial charge >= 0.3 is 0 Å². The van der Waals surface area contributed by atoms with Gasteiger partial charge in [0.2, 0.25) is 0 Å². The van der Waals surface area contributed by atoms with Crippen LogP contribution in [-0.4, -0.2) is 16.8 Å². The fourth-order valence-electron chi connectivity index (χ4n) is 2.19. The van der Waals surface area contributed by atoms with Crippen LogP contribution in [-0.2, 0) is 4.74 Å². The third-order valence-electron chi connectivity index (χ3n) is 3.01. The molecule has 2 aliphatic heterocycles. The van der Waals surface area contributed by atoms with Crippen LogP contribution >= 0.6 is 11.8 Å². The van der Waals surface area contributed by atoms with Crippen LogP contribution in [0.15, 0.2) is 12.2 Å². The summed E-state index contributed by atoms with van der Waals surface area (Å²) in [5.74, 6) is 1.29. The van der Waals surface area contributed by atoms with Gasteiger partial charge in [-0.15, -0.1) is 11.8 Å². The van der Waals surface area contributed by atoms with Crippen molar-refractivity contribution < 1.29 is 4.74 Å². The standard InChI is InChI=1S/C11H18OS/c1-8(2)10-6-4-5-7-12-11(10)9(3)13-11/h4,6,8-10H,5,7H2,1-3H3/t9?,10?,11-/m1/s1. The van der Waals surface area contributed by atoms with E-state index in [0.717, 1.165) is 13.0 Å². The maximum atomic E-state index is 5.99. The normalized spacial score (nSPS) is 44.0. The summed E-state index contributed by atoms with van der Waals surface area (Å²) in [4.78, 5) is 0.140. The molecule has 0 aromatic carbocycles. The Balaban J connectivity index is 2.18. The van der Waals surface area contributed by atoms with E-state index in [1.165, 1.54) is 0 Å². The van der Waals surface area contributed by atoms with E-state index in [2.05, 4.69) is 32.9 Å². The van der Waals surface area contributed by atoms with Crippen molar-refractivity contribution in [3.05, 3.63) is 12.2 Å². The van der Waals surface area contributed by atoms with E-state index in [1.807, 2.05) is 11.8 Å². The van der Waals surface area contributed by atoms with Crippen LogP contribution in [0.25, 0.3) is 0 Å². The van der Waals surface area contributed by atoms with E-state index >= 15 is 0 Å². The molecule has 0 N–H and O–H groups in total. The van der Waals surface area contributed by atoms with Gasteiger partial charge in [-0.25, -0.2) is 0 Å². The first-order chi connectivity index (χ1) is 6.17. The molecule has 1 fully saturated rings. The van der Waals surface area contributed by atoms with Crippen molar-refractivity contribution in [1.82, 2.24) is 0 Å². The lowest BCUT2D eigenvalue weighted by Gasteiger charge is -2.25. The highest BCUT2D eigenvalue weighted by atomic mass is 32.2. The average Bonchev–Trinajstić information content (AvgIpc) is 2.75. The smallest absolute Gasteiger partial charge is 0.132 e. The predicted octanol–water partition coefficient (Wildman–Crippen LogP) is 3.07. The average molecular weight is 198 g/mol. The Kier molecular flexibility index (Phi) is 2.45. The second kappa shape index (κ2) is 3.32. The van der Waals surface area contributed by atoms with Crippen LogP contribution < -0.4 is 0 Å². The van der Waals surface area contributed by atoms with Crippen LogP contribution in [0.1, 0.15) is 27.2 Å². The number of thioether (sulfide) groups is 1. The van der Waals surface area contributed by atoms with Crippen molar-refractivity contribution >= 4 is 11.8 Å². The molecule has 13 heavy (non-hydrogen) atoms. The number of hydrogen-bond donors (Lipinski definition) is 0. The highest BCUT2D eigenvalue weighted by molar-refractivity contribution is 8.08. The molecule has 0 amide bonds. The molecule has 0 aromatic rings. The SMILES string of the molecule is CC(C)C1C=CCCO[C@]12SC2C. The van der Waals surface area contributed by atoms with Gasteiger partial charge in [0.05, 0.1) is 6.61 Å². The van der Waals surface area contributed by atoms with Crippen molar-refractivity contribution in [2.24, 2.45) is 11.8 Å². The second-order valence-electron chi connectivity index (χ2n) is 4.32. The maximum Gasteiger partial charge on any atom is 0.132 e. The molecule has 2 unspecified atom stereocenters. The molecule has 2 rings (SSSR count). The first kappa shape index (κ1) is 9.60. The fourth-order valence-corrected chi connectivity index (χ4v) is 3.56. The van der Waals surface area contributed by atoms with Crippen LogP contribution in [0, 0.1) is 11.8 Å². The van der Waals surface area contributed by atoms with Crippen molar-refractivity contribution in [3.8, 4) is 0 Å². The van der Waals surface area contributed by atoms with Crippen molar-refractivity contribution in [1.29, 1.82) is 0 Å². The molecule has 2 heterocycles. The summed E-state index contributed by atoms with van der Waals surface area (Å²) in [7, 11) is 0. The van der Waals surface area contributed by atoms with Gasteiger partial charge in [0.15, 0.2) is 0 Å². The molecule has 0 bridgehead atoms. The molecule has 2 heteroatoms. The van der Waals surface area contributed by atoms with E-state index in [4.69, 9.17) is 4.74 Å². The van der Waals surface area contributed by atoms with Gasteiger partial charge in [-0.05, 0) is 19.3 Å². The highest BCUT2D eigenvalue weighted by Gasteiger charge is 2.59. The molecule has 74 valence electrons. The quantitative estimate of drug-likeness (QED) is 0.473. The Labute approximate surface area is 84.9 Å². The molecular formula is C11H18OS. The first-order valence-corrected chi connectivity index (χ1v) is 6.03. The van der Waals surface area contributed by atoms with Crippen molar-refractivity contribution in [3.63, 3.8) is 0 Å². The Bertz CT molecular complexity index is 224. The van der Waals surface area contributed by atoms with Gasteiger partial charge in [0.25, 0.3) is 0 Å². The van der Waals surface area contributed by atoms with Crippen LogP contribution in [0.5, 0.6) is 0 Å². The maximum absolute atomic E-state index is 5.99. The lowest BCUT2D eigenvalue weighted by molar-refractivity contribution is 0.0187. The molecule has 0 saturated carbocycles. The van der Waals surface area contributed by atoms with Crippen LogP contribution in [0.2, 0.25) is 0 Å². The molecule has 0 aliphatic carbocycles. The van der Waals surface area contributed by atoms with Crippen LogP contribution in [0.3, 0.4) is 0 Å². The third kappa shape index (κ3) is 1.55. The van der Waals surface area contributed by atoms with Crippen molar-refractivity contribution in [2.45, 2.75) is 37.4 Å². The fraction of sp³-hybridized carbons (Fsp3) is 0.818. The summed E-state index contributed by atoms with van der Waals surface area (Å²) in [5.41, 5.74) is 0. The third-order valence-corrected chi connectivity index (χ3v) is 4.57. The largest absolute Gasteiger partial charge is 0.362 e. The number of ether oxygens (including phenoxy) is 1. The van der Waals surface area contributed by atoms with E-state index in [9.17, 15) is 0 Å². The molecule has 3 atom stereocenters. The zero-order valence-electron chi connectivity index (χ0n) is 8.62. The molecule has 1 saturated heterocycles. The Morgan fingerprint density at radius 1 is 1.54 bits per heavy atom. The van der Waals surface area contributed by atoms with E-state index in [-0.39, 0.29) is 4.93 Å². The van der Waals surface area contributed by atoms with Gasteiger partial charge in [-0.3, -0.25) is 0 Å². The van der Waals surface area contributed by atoms with Gasteiger partial charge in [0.1, 0.15) is 4.93 Å². The Hall–Kier alpha value is 0.0500. The minimum Gasteiger partial charge on any atom is -0.362 e. The zero-order chi connectivity index (χ0) is 9.47. The molecular weight excluding hydrogens is 180 g/mol. The van der Waals surface area contributed by atoms with E-state index < -0.39 is 0 Å². The highest BCUT2D eigenvalue weighted by Crippen LogP contribution is 2.61. The van der Waals surface area contributed by atoms with E-state index in [0.29, 0.717) is 17.1 Å². The lowest BCUT2D eigenvalue weighted by atomic mass is 9.88. The summed E-state index contributed by atoms with van der Waals surface area (Å²) in [5, 5.41) is 0.683. The zero-order valence-corrected chi connectivity index (χ0v) is 9.43. The molecule has 0 radical (unpaired) electrons. The van der Waals surface area contributed by atoms with Gasteiger partial charge in [0, 0.05) is 11.2 Å². The van der Waals surface area contributed by atoms with Crippen molar-refractivity contribution in [2.75, 3.05) is 6.61 Å². The summed E-state index contributed by atoms with van der Waals surface area (Å²) in [6, 6.07) is 0. The predicted molar refractivity (Wildman–Crippen MR) is 57.8 cm³/mol. The molecule has 0 aromatic heterocycles. The topological polar surface area (TPSA) is 9.23 Å². The van der Waals surface area contributed by atoms with Crippen LogP contribution in [0.4, 0.5) is 0 Å². The Morgan fingerprint density at radius 3 is 2.77 bits per heavy atom. The second-order valence-corrected chi connectivity index (χ2v) is 5.90. The van der Waals surface area contributed by atoms with Gasteiger partial charge in [-0.1, -0.05) is 26.0 Å². The van der Waals surface area contributed by atoms with E-state index in [1.54, 1.807) is 0 Å². The minimum atomic E-state index is 0.140. The molecule has 1 spiro atoms. The first-order valence-electron chi connectivity index (χ1n) is 5.15.